The van der Waals surface area contributed by atoms with Crippen molar-refractivity contribution in [1.82, 2.24) is 10.2 Å². The average Bonchev–Trinajstić information content (AvgIpc) is 2.74. The predicted molar refractivity (Wildman–Crippen MR) is 141 cm³/mol. The predicted octanol–water partition coefficient (Wildman–Crippen LogP) is 7.51. The molecule has 1 rings (SSSR count). The van der Waals surface area contributed by atoms with Crippen LogP contribution in [0.4, 0.5) is 0 Å². The molecule has 182 valence electrons. The van der Waals surface area contributed by atoms with Crippen molar-refractivity contribution < 1.29 is 4.79 Å². The summed E-state index contributed by atoms with van der Waals surface area (Å²) in [6.07, 6.45) is 20.0. The lowest BCUT2D eigenvalue weighted by Gasteiger charge is -2.33. The van der Waals surface area contributed by atoms with Crippen LogP contribution in [0, 0.1) is 0 Å². The monoisotopic (exact) mass is 442 g/mol. The van der Waals surface area contributed by atoms with Gasteiger partial charge >= 0.3 is 0 Å². The molecule has 0 spiro atoms. The summed E-state index contributed by atoms with van der Waals surface area (Å²) < 4.78 is 0. The second-order valence-electron chi connectivity index (χ2n) is 9.87. The van der Waals surface area contributed by atoms with Gasteiger partial charge in [-0.05, 0) is 86.0 Å². The zero-order valence-electron chi connectivity index (χ0n) is 21.9. The average molecular weight is 443 g/mol. The maximum absolute atomic E-state index is 12.5. The van der Waals surface area contributed by atoms with Gasteiger partial charge in [0.25, 0.3) is 0 Å². The first-order valence-electron chi connectivity index (χ1n) is 12.9. The van der Waals surface area contributed by atoms with Gasteiger partial charge in [-0.25, -0.2) is 0 Å². The lowest BCUT2D eigenvalue weighted by molar-refractivity contribution is -0.132. The van der Waals surface area contributed by atoms with E-state index < -0.39 is 0 Å². The van der Waals surface area contributed by atoms with Gasteiger partial charge < -0.3 is 10.2 Å². The Balaban J connectivity index is 2.24. The van der Waals surface area contributed by atoms with E-state index in [1.54, 1.807) is 0 Å². The fraction of sp³-hybridized carbons (Fsp3) is 0.690. The number of rotatable bonds is 14. The summed E-state index contributed by atoms with van der Waals surface area (Å²) in [5.74, 6) is 0.316. The minimum atomic E-state index is 0.316. The molecule has 1 heterocycles. The van der Waals surface area contributed by atoms with E-state index in [0.29, 0.717) is 18.4 Å². The van der Waals surface area contributed by atoms with Gasteiger partial charge in [0.1, 0.15) is 0 Å². The summed E-state index contributed by atoms with van der Waals surface area (Å²) in [6.45, 7) is 15.9. The van der Waals surface area contributed by atoms with Crippen molar-refractivity contribution in [2.75, 3.05) is 19.6 Å². The minimum Gasteiger partial charge on any atom is -0.340 e. The van der Waals surface area contributed by atoms with Crippen LogP contribution in [0.25, 0.3) is 0 Å². The Kier molecular flexibility index (Phi) is 15.1. The Morgan fingerprint density at radius 1 is 0.812 bits per heavy atom. The number of hydrogen-bond acceptors (Lipinski definition) is 2. The van der Waals surface area contributed by atoms with Crippen molar-refractivity contribution >= 4 is 5.91 Å². The molecule has 1 amide bonds. The number of carbonyl (C=O) groups is 1. The van der Waals surface area contributed by atoms with E-state index >= 15 is 0 Å². The van der Waals surface area contributed by atoms with Crippen LogP contribution in [0.2, 0.25) is 0 Å². The molecule has 1 atom stereocenters. The fourth-order valence-corrected chi connectivity index (χ4v) is 4.18. The second kappa shape index (κ2) is 16.9. The van der Waals surface area contributed by atoms with Crippen molar-refractivity contribution in [2.45, 2.75) is 112 Å². The Bertz CT molecular complexity index is 663. The van der Waals surface area contributed by atoms with Gasteiger partial charge in [0, 0.05) is 32.1 Å². The number of allylic oxidation sites excluding steroid dienone is 8. The molecule has 1 N–H and O–H groups in total. The molecule has 1 fully saturated rings. The molecule has 1 aliphatic heterocycles. The number of nitrogens with one attached hydrogen (secondary N) is 1. The quantitative estimate of drug-likeness (QED) is 0.282. The molecule has 0 aliphatic carbocycles. The lowest BCUT2D eigenvalue weighted by Crippen LogP contribution is -2.52. The van der Waals surface area contributed by atoms with Gasteiger partial charge in [0.05, 0.1) is 0 Å². The van der Waals surface area contributed by atoms with Crippen LogP contribution >= 0.6 is 0 Å². The van der Waals surface area contributed by atoms with Gasteiger partial charge in [-0.3, -0.25) is 4.79 Å². The van der Waals surface area contributed by atoms with Crippen LogP contribution in [0.15, 0.2) is 46.6 Å². The molecule has 0 radical (unpaired) electrons. The third-order valence-corrected chi connectivity index (χ3v) is 6.25. The topological polar surface area (TPSA) is 32.3 Å². The molecule has 0 aromatic heterocycles. The van der Waals surface area contributed by atoms with E-state index in [0.717, 1.165) is 64.6 Å². The van der Waals surface area contributed by atoms with E-state index in [-0.39, 0.29) is 0 Å². The van der Waals surface area contributed by atoms with Crippen LogP contribution in [0.1, 0.15) is 106 Å². The molecule has 1 unspecified atom stereocenters. The first-order valence-corrected chi connectivity index (χ1v) is 12.9. The summed E-state index contributed by atoms with van der Waals surface area (Å²) in [5.41, 5.74) is 5.81. The third-order valence-electron chi connectivity index (χ3n) is 6.25. The van der Waals surface area contributed by atoms with E-state index in [1.165, 1.54) is 35.1 Å². The summed E-state index contributed by atoms with van der Waals surface area (Å²) in [7, 11) is 0. The Labute approximate surface area is 199 Å². The van der Waals surface area contributed by atoms with Crippen molar-refractivity contribution in [1.29, 1.82) is 0 Å². The summed E-state index contributed by atoms with van der Waals surface area (Å²) in [5, 5.41) is 3.52. The maximum atomic E-state index is 12.5. The maximum Gasteiger partial charge on any atom is 0.222 e. The number of carbonyl (C=O) groups excluding carboxylic acids is 1. The molecular weight excluding hydrogens is 392 g/mol. The molecule has 32 heavy (non-hydrogen) atoms. The Morgan fingerprint density at radius 3 is 1.81 bits per heavy atom. The van der Waals surface area contributed by atoms with Crippen molar-refractivity contribution in [3.63, 3.8) is 0 Å². The van der Waals surface area contributed by atoms with Gasteiger partial charge in [-0.2, -0.15) is 0 Å². The highest BCUT2D eigenvalue weighted by Crippen LogP contribution is 2.14. The van der Waals surface area contributed by atoms with Crippen molar-refractivity contribution in [2.24, 2.45) is 0 Å². The molecular formula is C29H50N2O. The molecule has 0 aromatic carbocycles. The highest BCUT2D eigenvalue weighted by molar-refractivity contribution is 5.76. The van der Waals surface area contributed by atoms with Gasteiger partial charge in [-0.15, -0.1) is 0 Å². The molecule has 3 heteroatoms. The van der Waals surface area contributed by atoms with Gasteiger partial charge in [0.15, 0.2) is 0 Å². The van der Waals surface area contributed by atoms with Crippen molar-refractivity contribution in [3.05, 3.63) is 46.6 Å². The zero-order valence-corrected chi connectivity index (χ0v) is 21.9. The Hall–Kier alpha value is -1.61. The van der Waals surface area contributed by atoms with Gasteiger partial charge in [0.2, 0.25) is 5.91 Å². The fourth-order valence-electron chi connectivity index (χ4n) is 4.18. The number of hydrogen-bond donors (Lipinski definition) is 1. The van der Waals surface area contributed by atoms with Gasteiger partial charge in [-0.1, -0.05) is 59.9 Å². The number of piperazine rings is 1. The second-order valence-corrected chi connectivity index (χ2v) is 9.87. The number of amides is 1. The summed E-state index contributed by atoms with van der Waals surface area (Å²) >= 11 is 0. The van der Waals surface area contributed by atoms with E-state index in [4.69, 9.17) is 0 Å². The van der Waals surface area contributed by atoms with E-state index in [1.807, 2.05) is 0 Å². The van der Waals surface area contributed by atoms with Crippen LogP contribution in [0.3, 0.4) is 0 Å². The minimum absolute atomic E-state index is 0.316. The van der Waals surface area contributed by atoms with Crippen LogP contribution < -0.4 is 5.32 Å². The number of nitrogens with zero attached hydrogens (tertiary/aromatic N) is 1. The first-order chi connectivity index (χ1) is 15.3. The van der Waals surface area contributed by atoms with Crippen LogP contribution in [0.5, 0.6) is 0 Å². The smallest absolute Gasteiger partial charge is 0.222 e. The largest absolute Gasteiger partial charge is 0.340 e. The normalized spacial score (nSPS) is 18.1. The third kappa shape index (κ3) is 13.7. The molecule has 0 bridgehead atoms. The standard InChI is InChI=1S/C29H50N2O/c1-7-12-28-23-31(22-21-30-28)29(32)20-11-19-27(6)18-10-17-26(5)16-9-15-25(4)14-8-13-24(2)3/h13,15,17,19,28,30H,7-12,14,16,18,20-23H2,1-6H3/b25-15+,26-17+,27-19+. The van der Waals surface area contributed by atoms with E-state index in [2.05, 4.69) is 76.1 Å². The summed E-state index contributed by atoms with van der Waals surface area (Å²) in [4.78, 5) is 14.6. The highest BCUT2D eigenvalue weighted by Gasteiger charge is 2.21. The highest BCUT2D eigenvalue weighted by atomic mass is 16.2. The molecule has 0 saturated carbocycles. The van der Waals surface area contributed by atoms with Crippen LogP contribution in [-0.2, 0) is 4.79 Å². The first kappa shape index (κ1) is 28.4. The molecule has 3 nitrogen and oxygen atoms in total. The van der Waals surface area contributed by atoms with Crippen LogP contribution in [-0.4, -0.2) is 36.5 Å². The Morgan fingerprint density at radius 2 is 1.31 bits per heavy atom. The van der Waals surface area contributed by atoms with Crippen molar-refractivity contribution in [3.8, 4) is 0 Å². The summed E-state index contributed by atoms with van der Waals surface area (Å²) in [6, 6.07) is 0.479. The molecule has 1 aliphatic rings. The van der Waals surface area contributed by atoms with E-state index in [9.17, 15) is 4.79 Å². The molecule has 0 aromatic rings. The zero-order chi connectivity index (χ0) is 23.8. The lowest BCUT2D eigenvalue weighted by atomic mass is 10.0. The molecule has 1 saturated heterocycles. The SMILES string of the molecule is CCCC1CN(C(=O)CC/C=C(\C)CC/C=C(\C)CC/C=C(\C)CCC=C(C)C)CCN1.